The first kappa shape index (κ1) is 15.4. The largest absolute Gasteiger partial charge is 0.395 e. The van der Waals surface area contributed by atoms with E-state index in [1.807, 2.05) is 29.2 Å². The average Bonchev–Trinajstić information content (AvgIpc) is 2.50. The van der Waals surface area contributed by atoms with E-state index in [9.17, 15) is 4.79 Å². The molecule has 0 spiro atoms. The summed E-state index contributed by atoms with van der Waals surface area (Å²) in [5.74, 6) is 6.57. The van der Waals surface area contributed by atoms with Crippen molar-refractivity contribution in [2.45, 2.75) is 26.2 Å². The summed E-state index contributed by atoms with van der Waals surface area (Å²) in [6, 6.07) is 7.44. The van der Waals surface area contributed by atoms with Crippen LogP contribution in [0.4, 0.5) is 10.5 Å². The van der Waals surface area contributed by atoms with Gasteiger partial charge in [0.25, 0.3) is 0 Å². The molecule has 1 saturated heterocycles. The molecular formula is C17H22N2O2. The highest BCUT2D eigenvalue weighted by Gasteiger charge is 2.20. The predicted octanol–water partition coefficient (Wildman–Crippen LogP) is 2.68. The number of aliphatic hydroxyl groups is 1. The molecule has 4 heteroatoms. The number of nitrogens with zero attached hydrogens (tertiary/aromatic N) is 1. The Morgan fingerprint density at radius 3 is 2.81 bits per heavy atom. The van der Waals surface area contributed by atoms with Gasteiger partial charge in [-0.05, 0) is 30.9 Å². The Kier molecular flexibility index (Phi) is 5.65. The van der Waals surface area contributed by atoms with Gasteiger partial charge >= 0.3 is 6.03 Å². The van der Waals surface area contributed by atoms with E-state index in [1.165, 1.54) is 0 Å². The molecule has 1 aliphatic rings. The topological polar surface area (TPSA) is 52.6 Å². The van der Waals surface area contributed by atoms with Gasteiger partial charge in [-0.2, -0.15) is 0 Å². The molecule has 0 bridgehead atoms. The van der Waals surface area contributed by atoms with Crippen molar-refractivity contribution in [1.29, 1.82) is 0 Å². The lowest BCUT2D eigenvalue weighted by molar-refractivity contribution is 0.186. The van der Waals surface area contributed by atoms with Crippen molar-refractivity contribution in [1.82, 2.24) is 4.90 Å². The molecule has 1 heterocycles. The number of amides is 2. The number of likely N-dealkylation sites (tertiary alicyclic amines) is 1. The first-order chi connectivity index (χ1) is 10.2. The van der Waals surface area contributed by atoms with Gasteiger partial charge < -0.3 is 15.3 Å². The van der Waals surface area contributed by atoms with Crippen LogP contribution in [0.2, 0.25) is 0 Å². The third kappa shape index (κ3) is 4.51. The fourth-order valence-corrected chi connectivity index (χ4v) is 2.32. The minimum atomic E-state index is -0.0571. The number of carbonyl (C=O) groups is 1. The second-order valence-electron chi connectivity index (χ2n) is 5.42. The van der Waals surface area contributed by atoms with Gasteiger partial charge in [0.05, 0.1) is 12.3 Å². The van der Waals surface area contributed by atoms with E-state index >= 15 is 0 Å². The summed E-state index contributed by atoms with van der Waals surface area (Å²) in [5.41, 5.74) is 1.51. The van der Waals surface area contributed by atoms with Gasteiger partial charge in [0.2, 0.25) is 0 Å². The molecule has 0 saturated carbocycles. The predicted molar refractivity (Wildman–Crippen MR) is 84.0 cm³/mol. The number of benzene rings is 1. The molecule has 2 N–H and O–H groups in total. The number of carbonyl (C=O) groups excluding carboxylic acids is 1. The van der Waals surface area contributed by atoms with Crippen LogP contribution in [0.3, 0.4) is 0 Å². The summed E-state index contributed by atoms with van der Waals surface area (Å²) in [4.78, 5) is 14.1. The van der Waals surface area contributed by atoms with E-state index in [0.717, 1.165) is 37.2 Å². The Morgan fingerprint density at radius 1 is 1.38 bits per heavy atom. The maximum absolute atomic E-state index is 12.3. The molecule has 0 aliphatic carbocycles. The molecule has 1 aliphatic heterocycles. The number of aliphatic hydroxyl groups excluding tert-OH is 1. The lowest BCUT2D eigenvalue weighted by Gasteiger charge is -2.30. The van der Waals surface area contributed by atoms with Crippen molar-refractivity contribution in [2.75, 3.05) is 25.0 Å². The Morgan fingerprint density at radius 2 is 2.10 bits per heavy atom. The summed E-state index contributed by atoms with van der Waals surface area (Å²) >= 11 is 0. The monoisotopic (exact) mass is 286 g/mol. The van der Waals surface area contributed by atoms with Gasteiger partial charge in [-0.25, -0.2) is 4.79 Å². The summed E-state index contributed by atoms with van der Waals surface area (Å²) in [5, 5.41) is 11.7. The van der Waals surface area contributed by atoms with Crippen molar-refractivity contribution in [3.63, 3.8) is 0 Å². The lowest BCUT2D eigenvalue weighted by Crippen LogP contribution is -2.40. The van der Waals surface area contributed by atoms with Crippen LogP contribution in [-0.4, -0.2) is 35.7 Å². The number of rotatable bonds is 2. The average molecular weight is 286 g/mol. The summed E-state index contributed by atoms with van der Waals surface area (Å²) in [7, 11) is 0. The van der Waals surface area contributed by atoms with Crippen LogP contribution < -0.4 is 5.32 Å². The number of piperidine rings is 1. The van der Waals surface area contributed by atoms with Crippen LogP contribution in [0.5, 0.6) is 0 Å². The minimum absolute atomic E-state index is 0.0491. The van der Waals surface area contributed by atoms with Crippen molar-refractivity contribution in [3.05, 3.63) is 29.8 Å². The molecule has 0 radical (unpaired) electrons. The smallest absolute Gasteiger partial charge is 0.321 e. The third-order valence-electron chi connectivity index (χ3n) is 3.70. The van der Waals surface area contributed by atoms with Crippen LogP contribution in [0.25, 0.3) is 0 Å². The Balaban J connectivity index is 2.02. The van der Waals surface area contributed by atoms with Crippen LogP contribution in [0, 0.1) is 17.8 Å². The van der Waals surface area contributed by atoms with Gasteiger partial charge in [-0.15, -0.1) is 0 Å². The molecule has 0 unspecified atom stereocenters. The van der Waals surface area contributed by atoms with Gasteiger partial charge in [0, 0.05) is 25.1 Å². The van der Waals surface area contributed by atoms with Crippen LogP contribution in [-0.2, 0) is 0 Å². The maximum Gasteiger partial charge on any atom is 0.321 e. The van der Waals surface area contributed by atoms with Crippen molar-refractivity contribution < 1.29 is 9.90 Å². The van der Waals surface area contributed by atoms with E-state index in [1.54, 1.807) is 0 Å². The third-order valence-corrected chi connectivity index (χ3v) is 3.70. The van der Waals surface area contributed by atoms with Crippen LogP contribution >= 0.6 is 0 Å². The van der Waals surface area contributed by atoms with Gasteiger partial charge in [-0.1, -0.05) is 30.9 Å². The highest BCUT2D eigenvalue weighted by Crippen LogP contribution is 2.19. The number of hydrogen-bond acceptors (Lipinski definition) is 2. The first-order valence-corrected chi connectivity index (χ1v) is 7.45. The van der Waals surface area contributed by atoms with Crippen molar-refractivity contribution in [2.24, 2.45) is 5.92 Å². The van der Waals surface area contributed by atoms with E-state index in [4.69, 9.17) is 5.11 Å². The van der Waals surface area contributed by atoms with E-state index in [0.29, 0.717) is 12.3 Å². The first-order valence-electron chi connectivity index (χ1n) is 7.45. The fraction of sp³-hybridized carbons (Fsp3) is 0.471. The lowest BCUT2D eigenvalue weighted by atomic mass is 10.00. The van der Waals surface area contributed by atoms with Crippen molar-refractivity contribution in [3.8, 4) is 11.8 Å². The molecule has 112 valence electrons. The SMILES string of the molecule is CC1CCN(C(=O)Nc2ccccc2C#CCCO)CC1. The standard InChI is InChI=1S/C17H22N2O2/c1-14-9-11-19(12-10-14)17(21)18-16-8-3-2-6-15(16)7-4-5-13-20/h2-3,6,8,14,20H,5,9-13H2,1H3,(H,18,21). The van der Waals surface area contributed by atoms with Gasteiger partial charge in [0.1, 0.15) is 0 Å². The molecule has 0 atom stereocenters. The van der Waals surface area contributed by atoms with E-state index < -0.39 is 0 Å². The molecule has 2 rings (SSSR count). The van der Waals surface area contributed by atoms with Crippen molar-refractivity contribution >= 4 is 11.7 Å². The zero-order chi connectivity index (χ0) is 15.1. The quantitative estimate of drug-likeness (QED) is 0.821. The molecule has 21 heavy (non-hydrogen) atoms. The highest BCUT2D eigenvalue weighted by molar-refractivity contribution is 5.91. The maximum atomic E-state index is 12.3. The molecule has 1 aromatic carbocycles. The zero-order valence-corrected chi connectivity index (χ0v) is 12.4. The minimum Gasteiger partial charge on any atom is -0.395 e. The Bertz CT molecular complexity index is 537. The van der Waals surface area contributed by atoms with E-state index in [-0.39, 0.29) is 12.6 Å². The number of anilines is 1. The molecule has 2 amide bonds. The summed E-state index contributed by atoms with van der Waals surface area (Å²) in [6.07, 6.45) is 2.56. The summed E-state index contributed by atoms with van der Waals surface area (Å²) < 4.78 is 0. The Hall–Kier alpha value is -1.99. The van der Waals surface area contributed by atoms with E-state index in [2.05, 4.69) is 24.1 Å². The van der Waals surface area contributed by atoms with Gasteiger partial charge in [0.15, 0.2) is 0 Å². The number of urea groups is 1. The molecule has 4 nitrogen and oxygen atoms in total. The number of para-hydroxylation sites is 1. The fourth-order valence-electron chi connectivity index (χ4n) is 2.32. The Labute approximate surface area is 126 Å². The number of hydrogen-bond donors (Lipinski definition) is 2. The molecular weight excluding hydrogens is 264 g/mol. The molecule has 1 fully saturated rings. The second kappa shape index (κ2) is 7.70. The molecule has 0 aromatic heterocycles. The van der Waals surface area contributed by atoms with Gasteiger partial charge in [-0.3, -0.25) is 0 Å². The second-order valence-corrected chi connectivity index (χ2v) is 5.42. The zero-order valence-electron chi connectivity index (χ0n) is 12.4. The van der Waals surface area contributed by atoms with Crippen LogP contribution in [0.1, 0.15) is 31.7 Å². The highest BCUT2D eigenvalue weighted by atomic mass is 16.2. The summed E-state index contributed by atoms with van der Waals surface area (Å²) in [6.45, 7) is 3.89. The normalized spacial score (nSPS) is 15.2. The van der Waals surface area contributed by atoms with Crippen LogP contribution in [0.15, 0.2) is 24.3 Å². The molecule has 1 aromatic rings. The number of nitrogens with one attached hydrogen (secondary N) is 1.